The maximum atomic E-state index is 13.1. The molecule has 0 fully saturated rings. The van der Waals surface area contributed by atoms with Crippen LogP contribution in [0.2, 0.25) is 0 Å². The summed E-state index contributed by atoms with van der Waals surface area (Å²) in [6, 6.07) is 5.99. The lowest BCUT2D eigenvalue weighted by molar-refractivity contribution is 0.343. The van der Waals surface area contributed by atoms with Crippen molar-refractivity contribution in [1.29, 1.82) is 0 Å². The summed E-state index contributed by atoms with van der Waals surface area (Å²) in [5.41, 5.74) is 1.33. The molecule has 4 nitrogen and oxygen atoms in total. The third-order valence-electron chi connectivity index (χ3n) is 4.63. The first-order valence-electron chi connectivity index (χ1n) is 9.23. The Labute approximate surface area is 165 Å². The van der Waals surface area contributed by atoms with Crippen LogP contribution in [0.25, 0.3) is 10.2 Å². The van der Waals surface area contributed by atoms with Gasteiger partial charge in [0.25, 0.3) is 5.56 Å². The Kier molecular flexibility index (Phi) is 5.50. The highest BCUT2D eigenvalue weighted by Gasteiger charge is 2.23. The first-order chi connectivity index (χ1) is 13.2. The van der Waals surface area contributed by atoms with E-state index in [2.05, 4.69) is 6.92 Å². The van der Waals surface area contributed by atoms with Gasteiger partial charge in [-0.05, 0) is 55.5 Å². The molecule has 2 heterocycles. The van der Waals surface area contributed by atoms with Crippen LogP contribution < -0.4 is 10.3 Å². The lowest BCUT2D eigenvalue weighted by atomic mass is 10.2. The molecule has 1 aromatic carbocycles. The zero-order chi connectivity index (χ0) is 18.8. The van der Waals surface area contributed by atoms with Gasteiger partial charge in [-0.25, -0.2) is 9.37 Å². The van der Waals surface area contributed by atoms with E-state index in [0.29, 0.717) is 24.7 Å². The summed E-state index contributed by atoms with van der Waals surface area (Å²) in [5, 5.41) is 1.60. The van der Waals surface area contributed by atoms with Crippen molar-refractivity contribution < 1.29 is 9.13 Å². The Hall–Kier alpha value is -1.86. The number of benzene rings is 1. The van der Waals surface area contributed by atoms with Crippen LogP contribution in [0.15, 0.2) is 34.2 Å². The minimum atomic E-state index is -0.277. The Morgan fingerprint density at radius 3 is 2.89 bits per heavy atom. The van der Waals surface area contributed by atoms with Crippen LogP contribution in [0.1, 0.15) is 30.2 Å². The molecule has 0 N–H and O–H groups in total. The van der Waals surface area contributed by atoms with Crippen molar-refractivity contribution in [3.63, 3.8) is 0 Å². The van der Waals surface area contributed by atoms with Crippen molar-refractivity contribution in [3.05, 3.63) is 50.9 Å². The van der Waals surface area contributed by atoms with Crippen LogP contribution in [0.5, 0.6) is 5.75 Å². The molecule has 7 heteroatoms. The molecule has 1 aliphatic carbocycles. The Morgan fingerprint density at radius 1 is 1.30 bits per heavy atom. The number of nitrogens with zero attached hydrogens (tertiary/aromatic N) is 2. The summed E-state index contributed by atoms with van der Waals surface area (Å²) in [4.78, 5) is 20.1. The molecule has 2 aromatic heterocycles. The van der Waals surface area contributed by atoms with E-state index >= 15 is 0 Å². The fourth-order valence-electron chi connectivity index (χ4n) is 3.41. The summed E-state index contributed by atoms with van der Waals surface area (Å²) < 4.78 is 20.4. The molecule has 0 saturated carbocycles. The third-order valence-corrected chi connectivity index (χ3v) is 6.76. The number of hydrogen-bond donors (Lipinski definition) is 0. The highest BCUT2D eigenvalue weighted by molar-refractivity contribution is 7.99. The second-order valence-corrected chi connectivity index (χ2v) is 8.69. The summed E-state index contributed by atoms with van der Waals surface area (Å²) in [5.74, 6) is 1.03. The lowest BCUT2D eigenvalue weighted by Gasteiger charge is -2.12. The maximum absolute atomic E-state index is 13.1. The van der Waals surface area contributed by atoms with Crippen LogP contribution in [-0.4, -0.2) is 21.9 Å². The first-order valence-corrected chi connectivity index (χ1v) is 11.0. The van der Waals surface area contributed by atoms with Crippen molar-refractivity contribution >= 4 is 33.3 Å². The molecule has 0 aliphatic heterocycles. The average molecular weight is 405 g/mol. The van der Waals surface area contributed by atoms with Gasteiger partial charge in [-0.15, -0.1) is 11.3 Å². The number of thiophene rings is 1. The van der Waals surface area contributed by atoms with Crippen molar-refractivity contribution in [2.75, 3.05) is 12.4 Å². The molecule has 1 aliphatic rings. The van der Waals surface area contributed by atoms with E-state index in [9.17, 15) is 9.18 Å². The number of thioether (sulfide) groups is 1. The van der Waals surface area contributed by atoms with Gasteiger partial charge in [0, 0.05) is 17.2 Å². The Bertz CT molecular complexity index is 1010. The minimum Gasteiger partial charge on any atom is -0.493 e. The van der Waals surface area contributed by atoms with E-state index < -0.39 is 0 Å². The van der Waals surface area contributed by atoms with Gasteiger partial charge in [0.1, 0.15) is 16.4 Å². The largest absolute Gasteiger partial charge is 0.493 e. The normalized spacial score (nSPS) is 13.3. The average Bonchev–Trinajstić information content (AvgIpc) is 3.24. The molecule has 142 valence electrons. The van der Waals surface area contributed by atoms with Crippen molar-refractivity contribution in [1.82, 2.24) is 9.55 Å². The molecule has 4 rings (SSSR count). The Balaban J connectivity index is 1.52. The van der Waals surface area contributed by atoms with Gasteiger partial charge in [0.2, 0.25) is 0 Å². The van der Waals surface area contributed by atoms with Crippen molar-refractivity contribution in [3.8, 4) is 5.75 Å². The van der Waals surface area contributed by atoms with Crippen LogP contribution >= 0.6 is 23.1 Å². The molecule has 27 heavy (non-hydrogen) atoms. The lowest BCUT2D eigenvalue weighted by Crippen LogP contribution is -2.23. The van der Waals surface area contributed by atoms with Gasteiger partial charge < -0.3 is 4.74 Å². The quantitative estimate of drug-likeness (QED) is 0.326. The van der Waals surface area contributed by atoms with E-state index in [0.717, 1.165) is 41.1 Å². The molecule has 0 unspecified atom stereocenters. The molecule has 0 saturated heterocycles. The highest BCUT2D eigenvalue weighted by Crippen LogP contribution is 2.35. The van der Waals surface area contributed by atoms with E-state index in [1.807, 2.05) is 4.57 Å². The fourth-order valence-corrected chi connectivity index (χ4v) is 5.56. The number of rotatable bonds is 7. The maximum Gasteiger partial charge on any atom is 0.263 e. The number of aromatic nitrogens is 2. The predicted molar refractivity (Wildman–Crippen MR) is 109 cm³/mol. The third kappa shape index (κ3) is 3.75. The summed E-state index contributed by atoms with van der Waals surface area (Å²) >= 11 is 3.21. The first kappa shape index (κ1) is 18.5. The SMILES string of the molecule is CCCn1c(SCCOc2ccc(F)cc2)nc2sc3c(c2c1=O)CCC3. The van der Waals surface area contributed by atoms with Gasteiger partial charge in [-0.2, -0.15) is 0 Å². The summed E-state index contributed by atoms with van der Waals surface area (Å²) in [6.45, 7) is 3.21. The number of fused-ring (bicyclic) bond motifs is 3. The smallest absolute Gasteiger partial charge is 0.263 e. The number of ether oxygens (including phenoxy) is 1. The summed E-state index contributed by atoms with van der Waals surface area (Å²) in [7, 11) is 0. The Morgan fingerprint density at radius 2 is 2.11 bits per heavy atom. The van der Waals surface area contributed by atoms with Gasteiger partial charge in [0.05, 0.1) is 12.0 Å². The molecular formula is C20H21FN2O2S2. The predicted octanol–water partition coefficient (Wildman–Crippen LogP) is 4.67. The molecule has 0 spiro atoms. The van der Waals surface area contributed by atoms with Gasteiger partial charge >= 0.3 is 0 Å². The van der Waals surface area contributed by atoms with Gasteiger partial charge in [-0.1, -0.05) is 18.7 Å². The van der Waals surface area contributed by atoms with Crippen molar-refractivity contribution in [2.45, 2.75) is 44.3 Å². The number of halogens is 1. The fraction of sp³-hybridized carbons (Fsp3) is 0.400. The topological polar surface area (TPSA) is 44.1 Å². The van der Waals surface area contributed by atoms with Crippen LogP contribution in [0.3, 0.4) is 0 Å². The van der Waals surface area contributed by atoms with Gasteiger partial charge in [0.15, 0.2) is 5.16 Å². The standard InChI is InChI=1S/C20H21FN2O2S2/c1-2-10-23-19(24)17-15-4-3-5-16(15)27-18(17)22-20(23)26-12-11-25-14-8-6-13(21)7-9-14/h6-9H,2-5,10-12H2,1H3. The molecule has 0 atom stereocenters. The monoisotopic (exact) mass is 404 g/mol. The van der Waals surface area contributed by atoms with Crippen LogP contribution in [0, 0.1) is 5.82 Å². The van der Waals surface area contributed by atoms with Gasteiger partial charge in [-0.3, -0.25) is 9.36 Å². The second-order valence-electron chi connectivity index (χ2n) is 6.54. The van der Waals surface area contributed by atoms with Crippen molar-refractivity contribution in [2.24, 2.45) is 0 Å². The zero-order valence-electron chi connectivity index (χ0n) is 15.2. The second kappa shape index (κ2) is 8.02. The van der Waals surface area contributed by atoms with E-state index in [4.69, 9.17) is 9.72 Å². The number of hydrogen-bond acceptors (Lipinski definition) is 5. The van der Waals surface area contributed by atoms with E-state index in [1.54, 1.807) is 23.5 Å². The zero-order valence-corrected chi connectivity index (χ0v) is 16.8. The molecule has 0 bridgehead atoms. The molecule has 0 amide bonds. The molecule has 3 aromatic rings. The van der Waals surface area contributed by atoms with Crippen LogP contribution in [-0.2, 0) is 19.4 Å². The molecular weight excluding hydrogens is 383 g/mol. The number of aryl methyl sites for hydroxylation is 2. The summed E-state index contributed by atoms with van der Waals surface area (Å²) in [6.07, 6.45) is 4.09. The highest BCUT2D eigenvalue weighted by atomic mass is 32.2. The minimum absolute atomic E-state index is 0.100. The van der Waals surface area contributed by atoms with E-state index in [-0.39, 0.29) is 11.4 Å². The molecule has 0 radical (unpaired) electrons. The van der Waals surface area contributed by atoms with E-state index in [1.165, 1.54) is 34.3 Å². The van der Waals surface area contributed by atoms with Crippen LogP contribution in [0.4, 0.5) is 4.39 Å².